The number of halogens is 3. The van der Waals surface area contributed by atoms with Crippen LogP contribution in [0.15, 0.2) is 18.3 Å². The number of nitrogens with one attached hydrogen (secondary N) is 1. The molecule has 1 saturated carbocycles. The fourth-order valence-electron chi connectivity index (χ4n) is 2.50. The van der Waals surface area contributed by atoms with E-state index < -0.39 is 11.9 Å². The molecule has 2 nitrogen and oxygen atoms in total. The Hall–Kier alpha value is -1.26. The Morgan fingerprint density at radius 3 is 2.32 bits per heavy atom. The number of nitrogens with zero attached hydrogens (tertiary/aromatic N) is 1. The highest BCUT2D eigenvalue weighted by atomic mass is 19.4. The minimum Gasteiger partial charge on any atom is -0.384 e. The average Bonchev–Trinajstić information content (AvgIpc) is 2.64. The molecule has 0 saturated heterocycles. The molecular formula is C14H19F3N2. The number of pyridine rings is 1. The second-order valence-corrected chi connectivity index (χ2v) is 5.17. The fraction of sp³-hybridized carbons (Fsp3) is 0.643. The lowest BCUT2D eigenvalue weighted by Gasteiger charge is -2.15. The Bertz CT molecular complexity index is 379. The molecule has 1 fully saturated rings. The summed E-state index contributed by atoms with van der Waals surface area (Å²) in [5.41, 5.74) is -0.176. The summed E-state index contributed by atoms with van der Waals surface area (Å²) in [6.45, 7) is 0.826. The van der Waals surface area contributed by atoms with Gasteiger partial charge < -0.3 is 5.32 Å². The van der Waals surface area contributed by atoms with Gasteiger partial charge in [0.2, 0.25) is 0 Å². The molecule has 0 bridgehead atoms. The zero-order chi connectivity index (χ0) is 13.7. The van der Waals surface area contributed by atoms with Crippen molar-refractivity contribution >= 4 is 5.69 Å². The zero-order valence-corrected chi connectivity index (χ0v) is 10.8. The van der Waals surface area contributed by atoms with E-state index in [-0.39, 0.29) is 0 Å². The highest BCUT2D eigenvalue weighted by Gasteiger charge is 2.32. The normalized spacial score (nSPS) is 18.1. The van der Waals surface area contributed by atoms with Gasteiger partial charge in [-0.05, 0) is 30.9 Å². The molecule has 1 N–H and O–H groups in total. The molecule has 0 atom stereocenters. The van der Waals surface area contributed by atoms with Gasteiger partial charge in [0.05, 0.1) is 11.9 Å². The maximum absolute atomic E-state index is 12.4. The third-order valence-electron chi connectivity index (χ3n) is 3.62. The summed E-state index contributed by atoms with van der Waals surface area (Å²) in [7, 11) is 0. The molecule has 1 aromatic heterocycles. The molecule has 1 aliphatic carbocycles. The topological polar surface area (TPSA) is 24.9 Å². The molecule has 5 heteroatoms. The van der Waals surface area contributed by atoms with Gasteiger partial charge >= 0.3 is 6.18 Å². The first-order chi connectivity index (χ1) is 9.05. The summed E-state index contributed by atoms with van der Waals surface area (Å²) in [6, 6.07) is 2.47. The van der Waals surface area contributed by atoms with E-state index in [9.17, 15) is 13.2 Å². The monoisotopic (exact) mass is 272 g/mol. The first-order valence-electron chi connectivity index (χ1n) is 6.83. The number of hydrogen-bond acceptors (Lipinski definition) is 2. The molecule has 0 spiro atoms. The van der Waals surface area contributed by atoms with Gasteiger partial charge in [-0.2, -0.15) is 13.2 Å². The third kappa shape index (κ3) is 4.40. The van der Waals surface area contributed by atoms with Crippen LogP contribution in [0.1, 0.15) is 44.2 Å². The predicted octanol–water partition coefficient (Wildman–Crippen LogP) is 4.48. The third-order valence-corrected chi connectivity index (χ3v) is 3.62. The molecule has 0 unspecified atom stereocenters. The van der Waals surface area contributed by atoms with E-state index in [4.69, 9.17) is 0 Å². The summed E-state index contributed by atoms with van der Waals surface area (Å²) >= 11 is 0. The van der Waals surface area contributed by atoms with Gasteiger partial charge in [0.25, 0.3) is 0 Å². The van der Waals surface area contributed by atoms with Gasteiger partial charge in [0, 0.05) is 6.54 Å². The van der Waals surface area contributed by atoms with Crippen LogP contribution in [0.25, 0.3) is 0 Å². The highest BCUT2D eigenvalue weighted by molar-refractivity contribution is 5.41. The molecule has 19 heavy (non-hydrogen) atoms. The zero-order valence-electron chi connectivity index (χ0n) is 10.8. The maximum atomic E-state index is 12.4. The number of hydrogen-bond donors (Lipinski definition) is 1. The average molecular weight is 272 g/mol. The second kappa shape index (κ2) is 6.26. The molecule has 1 aromatic rings. The quantitative estimate of drug-likeness (QED) is 0.820. The van der Waals surface area contributed by atoms with E-state index in [1.807, 2.05) is 0 Å². The van der Waals surface area contributed by atoms with Crippen molar-refractivity contribution < 1.29 is 13.2 Å². The van der Waals surface area contributed by atoms with Gasteiger partial charge in [-0.1, -0.05) is 25.7 Å². The SMILES string of the molecule is FC(F)(F)c1ccc(NCC2CCCCCC2)cn1. The molecular weight excluding hydrogens is 253 g/mol. The summed E-state index contributed by atoms with van der Waals surface area (Å²) in [4.78, 5) is 3.44. The van der Waals surface area contributed by atoms with E-state index in [0.717, 1.165) is 12.6 Å². The molecule has 0 radical (unpaired) electrons. The summed E-state index contributed by atoms with van der Waals surface area (Å²) < 4.78 is 37.1. The Labute approximate surface area is 111 Å². The largest absolute Gasteiger partial charge is 0.433 e. The first-order valence-corrected chi connectivity index (χ1v) is 6.83. The maximum Gasteiger partial charge on any atom is 0.433 e. The standard InChI is InChI=1S/C14H19F3N2/c15-14(16,17)13-8-7-12(10-19-13)18-9-11-5-3-1-2-4-6-11/h7-8,10-11,18H,1-6,9H2. The van der Waals surface area contributed by atoms with Crippen molar-refractivity contribution in [3.05, 3.63) is 24.0 Å². The Morgan fingerprint density at radius 2 is 1.79 bits per heavy atom. The van der Waals surface area contributed by atoms with Crippen LogP contribution in [0.3, 0.4) is 0 Å². The highest BCUT2D eigenvalue weighted by Crippen LogP contribution is 2.28. The molecule has 1 aliphatic rings. The van der Waals surface area contributed by atoms with Crippen molar-refractivity contribution in [1.82, 2.24) is 4.98 Å². The molecule has 0 aromatic carbocycles. The van der Waals surface area contributed by atoms with Crippen LogP contribution in [0.4, 0.5) is 18.9 Å². The Balaban J connectivity index is 1.85. The van der Waals surface area contributed by atoms with Gasteiger partial charge in [-0.15, -0.1) is 0 Å². The van der Waals surface area contributed by atoms with E-state index in [1.165, 1.54) is 50.8 Å². The number of aromatic nitrogens is 1. The number of alkyl halides is 3. The molecule has 2 rings (SSSR count). The van der Waals surface area contributed by atoms with Gasteiger partial charge in [-0.25, -0.2) is 4.98 Å². The smallest absolute Gasteiger partial charge is 0.384 e. The van der Waals surface area contributed by atoms with Crippen LogP contribution in [-0.4, -0.2) is 11.5 Å². The van der Waals surface area contributed by atoms with Crippen LogP contribution in [0, 0.1) is 5.92 Å². The lowest BCUT2D eigenvalue weighted by molar-refractivity contribution is -0.141. The predicted molar refractivity (Wildman–Crippen MR) is 68.9 cm³/mol. The van der Waals surface area contributed by atoms with E-state index in [2.05, 4.69) is 10.3 Å². The Kier molecular flexibility index (Phi) is 4.66. The Morgan fingerprint density at radius 1 is 1.11 bits per heavy atom. The minimum absolute atomic E-state index is 0.629. The second-order valence-electron chi connectivity index (χ2n) is 5.17. The van der Waals surface area contributed by atoms with Crippen molar-refractivity contribution in [2.75, 3.05) is 11.9 Å². The van der Waals surface area contributed by atoms with Gasteiger partial charge in [-0.3, -0.25) is 0 Å². The molecule has 1 heterocycles. The van der Waals surface area contributed by atoms with Crippen LogP contribution in [0.2, 0.25) is 0 Å². The van der Waals surface area contributed by atoms with E-state index >= 15 is 0 Å². The summed E-state index contributed by atoms with van der Waals surface area (Å²) in [5.74, 6) is 0.629. The lowest BCUT2D eigenvalue weighted by atomic mass is 10.0. The van der Waals surface area contributed by atoms with Gasteiger partial charge in [0.1, 0.15) is 5.69 Å². The number of rotatable bonds is 3. The first kappa shape index (κ1) is 14.2. The van der Waals surface area contributed by atoms with Crippen LogP contribution in [-0.2, 0) is 6.18 Å². The molecule has 0 amide bonds. The minimum atomic E-state index is -4.36. The van der Waals surface area contributed by atoms with Crippen LogP contribution in [0.5, 0.6) is 0 Å². The van der Waals surface area contributed by atoms with E-state index in [0.29, 0.717) is 11.6 Å². The van der Waals surface area contributed by atoms with Gasteiger partial charge in [0.15, 0.2) is 0 Å². The lowest BCUT2D eigenvalue weighted by Crippen LogP contribution is -2.14. The van der Waals surface area contributed by atoms with Crippen molar-refractivity contribution in [2.45, 2.75) is 44.7 Å². The summed E-state index contributed by atoms with van der Waals surface area (Å²) in [6.07, 6.45) is 4.45. The van der Waals surface area contributed by atoms with Crippen LogP contribution >= 0.6 is 0 Å². The summed E-state index contributed by atoms with van der Waals surface area (Å²) in [5, 5.41) is 3.19. The fourth-order valence-corrected chi connectivity index (χ4v) is 2.50. The van der Waals surface area contributed by atoms with Crippen molar-refractivity contribution in [2.24, 2.45) is 5.92 Å². The van der Waals surface area contributed by atoms with Crippen LogP contribution < -0.4 is 5.32 Å². The number of anilines is 1. The van der Waals surface area contributed by atoms with Crippen molar-refractivity contribution in [3.63, 3.8) is 0 Å². The van der Waals surface area contributed by atoms with E-state index in [1.54, 1.807) is 0 Å². The molecule has 106 valence electrons. The van der Waals surface area contributed by atoms with Crippen molar-refractivity contribution in [3.8, 4) is 0 Å². The molecule has 0 aliphatic heterocycles. The van der Waals surface area contributed by atoms with Crippen molar-refractivity contribution in [1.29, 1.82) is 0 Å².